The summed E-state index contributed by atoms with van der Waals surface area (Å²) in [6.07, 6.45) is -6.29. The van der Waals surface area contributed by atoms with E-state index in [1.165, 1.54) is 44.2 Å². The summed E-state index contributed by atoms with van der Waals surface area (Å²) in [5, 5.41) is 10.9. The molecule has 3 rings (SSSR count). The van der Waals surface area contributed by atoms with Gasteiger partial charge in [-0.1, -0.05) is 42.0 Å². The molecule has 7 nitrogen and oxygen atoms in total. The number of ketones is 1. The van der Waals surface area contributed by atoms with Crippen LogP contribution in [0.25, 0.3) is 10.8 Å². The zero-order chi connectivity index (χ0) is 27.0. The number of sulfonamides is 1. The number of ether oxygens (including phenoxy) is 1. The maximum absolute atomic E-state index is 13.4. The zero-order valence-corrected chi connectivity index (χ0v) is 20.6. The van der Waals surface area contributed by atoms with Crippen molar-refractivity contribution in [2.75, 3.05) is 4.72 Å². The molecule has 0 aliphatic rings. The van der Waals surface area contributed by atoms with E-state index in [1.807, 2.05) is 0 Å². The second-order valence-corrected chi connectivity index (χ2v) is 10.2. The summed E-state index contributed by atoms with van der Waals surface area (Å²) in [7, 11) is -4.25. The van der Waals surface area contributed by atoms with E-state index in [9.17, 15) is 36.3 Å². The summed E-state index contributed by atoms with van der Waals surface area (Å²) in [5.41, 5.74) is 0.285. The molecule has 0 aliphatic carbocycles. The highest BCUT2D eigenvalue weighted by Crippen LogP contribution is 2.41. The summed E-state index contributed by atoms with van der Waals surface area (Å²) in [4.78, 5) is 24.9. The maximum Gasteiger partial charge on any atom is 0.451 e. The smallest absolute Gasteiger partial charge is 0.451 e. The van der Waals surface area contributed by atoms with E-state index in [-0.39, 0.29) is 21.4 Å². The number of carbonyl (C=O) groups is 2. The van der Waals surface area contributed by atoms with E-state index in [0.717, 1.165) is 11.6 Å². The summed E-state index contributed by atoms with van der Waals surface area (Å²) < 4.78 is 74.0. The second-order valence-electron chi connectivity index (χ2n) is 8.56. The molecule has 11 heteroatoms. The first-order valence-corrected chi connectivity index (χ1v) is 12.3. The minimum absolute atomic E-state index is 0.0642. The van der Waals surface area contributed by atoms with E-state index in [1.54, 1.807) is 26.0 Å². The largest absolute Gasteiger partial charge is 0.507 e. The topological polar surface area (TPSA) is 110 Å². The van der Waals surface area contributed by atoms with Crippen LogP contribution >= 0.6 is 0 Å². The number of Topliss-reactive ketones (excluding diaryl/α,β-unsaturated/α-hetero) is 1. The van der Waals surface area contributed by atoms with Gasteiger partial charge in [-0.05, 0) is 45.4 Å². The first-order chi connectivity index (χ1) is 16.6. The molecule has 0 aromatic heterocycles. The number of esters is 1. The summed E-state index contributed by atoms with van der Waals surface area (Å²) in [6, 6.07) is 11.2. The fourth-order valence-corrected chi connectivity index (χ4v) is 5.12. The molecule has 36 heavy (non-hydrogen) atoms. The third-order valence-electron chi connectivity index (χ3n) is 5.35. The van der Waals surface area contributed by atoms with Gasteiger partial charge in [-0.2, -0.15) is 13.2 Å². The molecule has 0 heterocycles. The predicted octanol–water partition coefficient (Wildman–Crippen LogP) is 5.13. The third kappa shape index (κ3) is 5.46. The summed E-state index contributed by atoms with van der Waals surface area (Å²) in [5.74, 6) is -7.33. The number of aromatic hydroxyl groups is 1. The fourth-order valence-electron chi connectivity index (χ4n) is 3.83. The van der Waals surface area contributed by atoms with Gasteiger partial charge in [0.25, 0.3) is 15.8 Å². The number of carbonyl (C=O) groups excluding carboxylic acids is 2. The normalized spacial score (nSPS) is 13.0. The van der Waals surface area contributed by atoms with Crippen molar-refractivity contribution in [2.24, 2.45) is 0 Å². The van der Waals surface area contributed by atoms with Crippen LogP contribution in [0.2, 0.25) is 0 Å². The van der Waals surface area contributed by atoms with Gasteiger partial charge < -0.3 is 9.84 Å². The number of hydrogen-bond donors (Lipinski definition) is 2. The van der Waals surface area contributed by atoms with Crippen LogP contribution in [0.3, 0.4) is 0 Å². The number of phenolic OH excluding ortho intramolecular Hbond substituents is 1. The molecule has 1 atom stereocenters. The number of anilines is 1. The van der Waals surface area contributed by atoms with Crippen LogP contribution in [0.4, 0.5) is 18.9 Å². The van der Waals surface area contributed by atoms with Gasteiger partial charge in [-0.15, -0.1) is 0 Å². The maximum atomic E-state index is 13.4. The van der Waals surface area contributed by atoms with Crippen molar-refractivity contribution in [1.29, 1.82) is 0 Å². The second kappa shape index (κ2) is 9.81. The Morgan fingerprint density at radius 3 is 2.17 bits per heavy atom. The average molecular weight is 524 g/mol. The Morgan fingerprint density at radius 2 is 1.61 bits per heavy atom. The fraction of sp³-hybridized carbons (Fsp3) is 0.280. The van der Waals surface area contributed by atoms with E-state index in [4.69, 9.17) is 4.74 Å². The van der Waals surface area contributed by atoms with E-state index in [0.29, 0.717) is 5.56 Å². The van der Waals surface area contributed by atoms with Gasteiger partial charge in [-0.3, -0.25) is 14.3 Å². The Morgan fingerprint density at radius 1 is 1.00 bits per heavy atom. The molecule has 0 aliphatic heterocycles. The van der Waals surface area contributed by atoms with E-state index >= 15 is 0 Å². The Kier molecular flexibility index (Phi) is 7.35. The highest BCUT2D eigenvalue weighted by atomic mass is 32.2. The molecule has 0 saturated carbocycles. The lowest BCUT2D eigenvalue weighted by Gasteiger charge is -2.22. The number of alkyl halides is 3. The monoisotopic (exact) mass is 523 g/mol. The van der Waals surface area contributed by atoms with Gasteiger partial charge in [0.15, 0.2) is 5.92 Å². The minimum Gasteiger partial charge on any atom is -0.507 e. The number of nitrogens with one attached hydrogen (secondary N) is 1. The molecule has 2 N–H and O–H groups in total. The minimum atomic E-state index is -5.43. The molecular weight excluding hydrogens is 499 g/mol. The van der Waals surface area contributed by atoms with Gasteiger partial charge in [-0.25, -0.2) is 8.42 Å². The average Bonchev–Trinajstić information content (AvgIpc) is 2.75. The zero-order valence-electron chi connectivity index (χ0n) is 19.8. The number of hydrogen-bond acceptors (Lipinski definition) is 6. The van der Waals surface area contributed by atoms with Crippen molar-refractivity contribution in [3.63, 3.8) is 0 Å². The van der Waals surface area contributed by atoms with Gasteiger partial charge in [0, 0.05) is 16.3 Å². The lowest BCUT2D eigenvalue weighted by Crippen LogP contribution is -2.35. The van der Waals surface area contributed by atoms with Gasteiger partial charge in [0.2, 0.25) is 0 Å². The van der Waals surface area contributed by atoms with E-state index < -0.39 is 51.3 Å². The van der Waals surface area contributed by atoms with Gasteiger partial charge in [0.1, 0.15) is 5.75 Å². The number of benzene rings is 3. The van der Waals surface area contributed by atoms with Crippen LogP contribution in [0.5, 0.6) is 5.75 Å². The number of phenols is 1. The highest BCUT2D eigenvalue weighted by molar-refractivity contribution is 7.92. The number of halogens is 3. The lowest BCUT2D eigenvalue weighted by molar-refractivity contribution is -0.178. The molecule has 0 fully saturated rings. The van der Waals surface area contributed by atoms with Crippen LogP contribution in [0.1, 0.15) is 36.5 Å². The van der Waals surface area contributed by atoms with Crippen LogP contribution in [-0.4, -0.2) is 37.6 Å². The molecule has 3 aromatic carbocycles. The van der Waals surface area contributed by atoms with Gasteiger partial charge >= 0.3 is 12.1 Å². The third-order valence-corrected chi connectivity index (χ3v) is 6.88. The molecule has 3 aromatic rings. The SMILES string of the molecule is Cc1ccc(S(=O)(=O)Nc2cc([C@H](C(=O)OC(C)C)C(=O)C(F)(F)F)c(O)c3ccccc23)c(C)c1. The van der Waals surface area contributed by atoms with Crippen molar-refractivity contribution >= 4 is 38.2 Å². The Balaban J connectivity index is 2.26. The van der Waals surface area contributed by atoms with Crippen molar-refractivity contribution in [1.82, 2.24) is 0 Å². The van der Waals surface area contributed by atoms with Crippen LogP contribution in [0.15, 0.2) is 53.4 Å². The molecule has 0 radical (unpaired) electrons. The molecule has 0 spiro atoms. The number of aryl methyl sites for hydroxylation is 2. The van der Waals surface area contributed by atoms with Crippen LogP contribution in [0, 0.1) is 13.8 Å². The Hall–Kier alpha value is -3.60. The molecule has 0 amide bonds. The predicted molar refractivity (Wildman–Crippen MR) is 127 cm³/mol. The quantitative estimate of drug-likeness (QED) is 0.252. The molecule has 0 saturated heterocycles. The summed E-state index contributed by atoms with van der Waals surface area (Å²) in [6.45, 7) is 6.14. The molecular formula is C25H24F3NO6S. The van der Waals surface area contributed by atoms with Crippen LogP contribution in [-0.2, 0) is 24.3 Å². The molecule has 192 valence electrons. The molecule has 0 unspecified atom stereocenters. The standard InChI is InChI=1S/C25H24F3NO6S/c1-13(2)35-24(32)21(23(31)25(26,27)28)18-12-19(16-7-5-6-8-17(16)22(18)30)29-36(33,34)20-10-9-14(3)11-15(20)4/h5-13,21,29-30H,1-4H3/t21-/m0/s1. The van der Waals surface area contributed by atoms with Crippen molar-refractivity contribution in [3.8, 4) is 5.75 Å². The molecule has 0 bridgehead atoms. The highest BCUT2D eigenvalue weighted by Gasteiger charge is 2.49. The number of fused-ring (bicyclic) bond motifs is 1. The first kappa shape index (κ1) is 27.0. The van der Waals surface area contributed by atoms with Crippen LogP contribution < -0.4 is 4.72 Å². The Labute approximate surface area is 205 Å². The number of rotatable bonds is 7. The summed E-state index contributed by atoms with van der Waals surface area (Å²) >= 11 is 0. The van der Waals surface area contributed by atoms with Crippen molar-refractivity contribution < 1.29 is 41.0 Å². The lowest BCUT2D eigenvalue weighted by atomic mass is 9.90. The van der Waals surface area contributed by atoms with Crippen molar-refractivity contribution in [2.45, 2.75) is 50.8 Å². The van der Waals surface area contributed by atoms with E-state index in [2.05, 4.69) is 4.72 Å². The van der Waals surface area contributed by atoms with Gasteiger partial charge in [0.05, 0.1) is 16.7 Å². The Bertz CT molecular complexity index is 1450. The van der Waals surface area contributed by atoms with Crippen molar-refractivity contribution in [3.05, 3.63) is 65.2 Å². The first-order valence-electron chi connectivity index (χ1n) is 10.8.